The Morgan fingerprint density at radius 2 is 2.08 bits per heavy atom. The molecule has 0 aromatic rings. The molecule has 0 amide bonds. The highest BCUT2D eigenvalue weighted by Crippen LogP contribution is 2.28. The summed E-state index contributed by atoms with van der Waals surface area (Å²) in [5.41, 5.74) is 0. The minimum atomic E-state index is -0.130. The van der Waals surface area contributed by atoms with Gasteiger partial charge in [0.05, 0.1) is 6.10 Å². The lowest BCUT2D eigenvalue weighted by molar-refractivity contribution is 0.0754. The second-order valence-corrected chi connectivity index (χ2v) is 4.03. The highest BCUT2D eigenvalue weighted by atomic mass is 16.5. The van der Waals surface area contributed by atoms with Crippen molar-refractivity contribution >= 4 is 0 Å². The number of ether oxygens (including phenoxy) is 1. The van der Waals surface area contributed by atoms with E-state index in [9.17, 15) is 5.11 Å². The summed E-state index contributed by atoms with van der Waals surface area (Å²) in [6.07, 6.45) is 7.05. The Morgan fingerprint density at radius 1 is 1.38 bits per heavy atom. The lowest BCUT2D eigenvalue weighted by Crippen LogP contribution is -2.14. The van der Waals surface area contributed by atoms with Crippen LogP contribution in [0.15, 0.2) is 0 Å². The van der Waals surface area contributed by atoms with E-state index >= 15 is 0 Å². The van der Waals surface area contributed by atoms with Gasteiger partial charge in [-0.25, -0.2) is 0 Å². The van der Waals surface area contributed by atoms with E-state index < -0.39 is 0 Å². The van der Waals surface area contributed by atoms with Gasteiger partial charge in [-0.2, -0.15) is 0 Å². The second kappa shape index (κ2) is 6.39. The molecule has 2 nitrogen and oxygen atoms in total. The maximum atomic E-state index is 9.66. The topological polar surface area (TPSA) is 29.5 Å². The summed E-state index contributed by atoms with van der Waals surface area (Å²) in [5, 5.41) is 9.66. The van der Waals surface area contributed by atoms with Crippen molar-refractivity contribution in [1.29, 1.82) is 0 Å². The van der Waals surface area contributed by atoms with Gasteiger partial charge in [-0.05, 0) is 25.7 Å². The zero-order chi connectivity index (χ0) is 9.52. The second-order valence-electron chi connectivity index (χ2n) is 4.03. The third kappa shape index (κ3) is 4.63. The third-order valence-corrected chi connectivity index (χ3v) is 2.88. The van der Waals surface area contributed by atoms with E-state index in [2.05, 4.69) is 0 Å². The summed E-state index contributed by atoms with van der Waals surface area (Å²) < 4.78 is 5.21. The van der Waals surface area contributed by atoms with Crippen LogP contribution in [-0.2, 0) is 4.74 Å². The van der Waals surface area contributed by atoms with Gasteiger partial charge in [-0.1, -0.05) is 25.7 Å². The molecule has 1 N–H and O–H groups in total. The molecule has 0 heterocycles. The van der Waals surface area contributed by atoms with E-state index in [-0.39, 0.29) is 6.10 Å². The summed E-state index contributed by atoms with van der Waals surface area (Å²) in [6, 6.07) is 0. The molecule has 13 heavy (non-hydrogen) atoms. The van der Waals surface area contributed by atoms with Crippen molar-refractivity contribution in [1.82, 2.24) is 0 Å². The van der Waals surface area contributed by atoms with E-state index in [1.54, 1.807) is 0 Å². The monoisotopic (exact) mass is 186 g/mol. The van der Waals surface area contributed by atoms with E-state index in [1.165, 1.54) is 25.7 Å². The van der Waals surface area contributed by atoms with Gasteiger partial charge in [0.15, 0.2) is 0 Å². The van der Waals surface area contributed by atoms with E-state index in [4.69, 9.17) is 4.74 Å². The summed E-state index contributed by atoms with van der Waals surface area (Å²) >= 11 is 0. The fourth-order valence-electron chi connectivity index (χ4n) is 2.11. The Balaban J connectivity index is 1.99. The molecule has 1 aliphatic carbocycles. The summed E-state index contributed by atoms with van der Waals surface area (Å²) in [7, 11) is 0. The summed E-state index contributed by atoms with van der Waals surface area (Å²) in [6.45, 7) is 3.46. The van der Waals surface area contributed by atoms with Crippen molar-refractivity contribution in [2.75, 3.05) is 13.2 Å². The average Bonchev–Trinajstić information content (AvgIpc) is 2.57. The molecular formula is C11H22O2. The number of aliphatic hydroxyl groups excluding tert-OH is 1. The van der Waals surface area contributed by atoms with Crippen LogP contribution in [0.3, 0.4) is 0 Å². The zero-order valence-corrected chi connectivity index (χ0v) is 8.67. The van der Waals surface area contributed by atoms with E-state index in [1.807, 2.05) is 6.92 Å². The van der Waals surface area contributed by atoms with Crippen molar-refractivity contribution in [2.24, 2.45) is 5.92 Å². The van der Waals surface area contributed by atoms with Gasteiger partial charge in [-0.3, -0.25) is 0 Å². The Morgan fingerprint density at radius 3 is 2.69 bits per heavy atom. The molecule has 0 aromatic heterocycles. The van der Waals surface area contributed by atoms with Gasteiger partial charge in [0, 0.05) is 13.2 Å². The molecule has 1 fully saturated rings. The molecule has 0 radical (unpaired) electrons. The molecule has 0 aliphatic heterocycles. The average molecular weight is 186 g/mol. The number of aliphatic hydroxyl groups is 1. The molecule has 2 heteroatoms. The number of rotatable bonds is 6. The SMILES string of the molecule is CCOCCC(O)CC1CCCC1. The normalized spacial score (nSPS) is 20.8. The zero-order valence-electron chi connectivity index (χ0n) is 8.67. The predicted octanol–water partition coefficient (Wildman–Crippen LogP) is 2.35. The third-order valence-electron chi connectivity index (χ3n) is 2.88. The molecular weight excluding hydrogens is 164 g/mol. The largest absolute Gasteiger partial charge is 0.393 e. The molecule has 1 aliphatic rings. The minimum absolute atomic E-state index is 0.130. The van der Waals surface area contributed by atoms with Crippen molar-refractivity contribution < 1.29 is 9.84 Å². The molecule has 1 unspecified atom stereocenters. The van der Waals surface area contributed by atoms with Crippen molar-refractivity contribution in [3.05, 3.63) is 0 Å². The number of hydrogen-bond donors (Lipinski definition) is 1. The van der Waals surface area contributed by atoms with Gasteiger partial charge in [-0.15, -0.1) is 0 Å². The first-order valence-corrected chi connectivity index (χ1v) is 5.58. The van der Waals surface area contributed by atoms with Crippen LogP contribution in [-0.4, -0.2) is 24.4 Å². The lowest BCUT2D eigenvalue weighted by Gasteiger charge is -2.14. The molecule has 1 saturated carbocycles. The molecule has 0 bridgehead atoms. The van der Waals surface area contributed by atoms with E-state index in [0.717, 1.165) is 25.4 Å². The van der Waals surface area contributed by atoms with Crippen LogP contribution < -0.4 is 0 Å². The lowest BCUT2D eigenvalue weighted by atomic mass is 9.99. The molecule has 0 saturated heterocycles. The fourth-order valence-corrected chi connectivity index (χ4v) is 2.11. The maximum absolute atomic E-state index is 9.66. The van der Waals surface area contributed by atoms with Gasteiger partial charge in [0.2, 0.25) is 0 Å². The maximum Gasteiger partial charge on any atom is 0.0564 e. The van der Waals surface area contributed by atoms with Crippen LogP contribution in [0.1, 0.15) is 45.4 Å². The summed E-state index contributed by atoms with van der Waals surface area (Å²) in [5.74, 6) is 0.789. The highest BCUT2D eigenvalue weighted by Gasteiger charge is 2.18. The summed E-state index contributed by atoms with van der Waals surface area (Å²) in [4.78, 5) is 0. The number of hydrogen-bond acceptors (Lipinski definition) is 2. The van der Waals surface area contributed by atoms with Gasteiger partial charge in [0.25, 0.3) is 0 Å². The first kappa shape index (κ1) is 11.0. The molecule has 1 rings (SSSR count). The Kier molecular flexibility index (Phi) is 5.40. The highest BCUT2D eigenvalue weighted by molar-refractivity contribution is 4.70. The van der Waals surface area contributed by atoms with Crippen LogP contribution >= 0.6 is 0 Å². The van der Waals surface area contributed by atoms with Crippen LogP contribution in [0, 0.1) is 5.92 Å². The molecule has 0 spiro atoms. The van der Waals surface area contributed by atoms with Gasteiger partial charge < -0.3 is 9.84 Å². The standard InChI is InChI=1S/C11H22O2/c1-2-13-8-7-11(12)9-10-5-3-4-6-10/h10-12H,2-9H2,1H3. The van der Waals surface area contributed by atoms with Crippen LogP contribution in [0.2, 0.25) is 0 Å². The Labute approximate surface area is 81.3 Å². The molecule has 1 atom stereocenters. The fraction of sp³-hybridized carbons (Fsp3) is 1.00. The van der Waals surface area contributed by atoms with Crippen LogP contribution in [0.25, 0.3) is 0 Å². The van der Waals surface area contributed by atoms with Crippen molar-refractivity contribution in [3.8, 4) is 0 Å². The minimum Gasteiger partial charge on any atom is -0.393 e. The van der Waals surface area contributed by atoms with E-state index in [0.29, 0.717) is 6.61 Å². The Hall–Kier alpha value is -0.0800. The molecule has 0 aromatic carbocycles. The van der Waals surface area contributed by atoms with Crippen LogP contribution in [0.4, 0.5) is 0 Å². The molecule has 78 valence electrons. The van der Waals surface area contributed by atoms with Gasteiger partial charge >= 0.3 is 0 Å². The first-order chi connectivity index (χ1) is 6.33. The Bertz CT molecular complexity index is 119. The quantitative estimate of drug-likeness (QED) is 0.645. The van der Waals surface area contributed by atoms with Gasteiger partial charge in [0.1, 0.15) is 0 Å². The van der Waals surface area contributed by atoms with Crippen LogP contribution in [0.5, 0.6) is 0 Å². The predicted molar refractivity (Wildman–Crippen MR) is 53.7 cm³/mol. The van der Waals surface area contributed by atoms with Crippen molar-refractivity contribution in [2.45, 2.75) is 51.6 Å². The van der Waals surface area contributed by atoms with Crippen molar-refractivity contribution in [3.63, 3.8) is 0 Å². The first-order valence-electron chi connectivity index (χ1n) is 5.58. The smallest absolute Gasteiger partial charge is 0.0564 e.